The number of hydrogen-bond donors (Lipinski definition) is 2. The van der Waals surface area contributed by atoms with Gasteiger partial charge in [0.05, 0.1) is 11.5 Å². The van der Waals surface area contributed by atoms with Gasteiger partial charge in [-0.2, -0.15) is 0 Å². The van der Waals surface area contributed by atoms with Gasteiger partial charge in [-0.05, 0) is 30.9 Å². The molecule has 1 aromatic carbocycles. The topological polar surface area (TPSA) is 57.5 Å². The number of rotatable bonds is 4. The van der Waals surface area contributed by atoms with Gasteiger partial charge >= 0.3 is 5.97 Å². The zero-order valence-corrected chi connectivity index (χ0v) is 10.8. The lowest BCUT2D eigenvalue weighted by Gasteiger charge is -2.21. The zero-order valence-electron chi connectivity index (χ0n) is 10.8. The van der Waals surface area contributed by atoms with Crippen molar-refractivity contribution in [3.8, 4) is 0 Å². The van der Waals surface area contributed by atoms with Crippen LogP contribution in [0.4, 0.5) is 0 Å². The van der Waals surface area contributed by atoms with Crippen molar-refractivity contribution in [2.75, 3.05) is 0 Å². The molecule has 1 atom stereocenters. The second-order valence-electron chi connectivity index (χ2n) is 5.24. The number of hydrogen-bond acceptors (Lipinski definition) is 2. The van der Waals surface area contributed by atoms with Gasteiger partial charge in [-0.1, -0.05) is 38.1 Å². The van der Waals surface area contributed by atoms with Gasteiger partial charge in [-0.25, -0.2) is 0 Å². The summed E-state index contributed by atoms with van der Waals surface area (Å²) in [5.41, 5.74) is 0.663. The Balaban J connectivity index is 3.00. The van der Waals surface area contributed by atoms with E-state index in [9.17, 15) is 9.90 Å². The van der Waals surface area contributed by atoms with Crippen LogP contribution >= 0.6 is 0 Å². The lowest BCUT2D eigenvalue weighted by atomic mass is 9.84. The lowest BCUT2D eigenvalue weighted by Crippen LogP contribution is -2.28. The normalized spacial score (nSPS) is 13.8. The molecule has 1 unspecified atom stereocenters. The van der Waals surface area contributed by atoms with E-state index in [0.717, 1.165) is 11.1 Å². The molecule has 0 aliphatic carbocycles. The third kappa shape index (κ3) is 2.86. The Morgan fingerprint density at radius 1 is 1.18 bits per heavy atom. The molecular formula is C14H20O3. The first-order valence-electron chi connectivity index (χ1n) is 5.78. The summed E-state index contributed by atoms with van der Waals surface area (Å²) >= 11 is 0. The minimum absolute atomic E-state index is 0.147. The van der Waals surface area contributed by atoms with Crippen molar-refractivity contribution in [2.45, 2.75) is 39.2 Å². The minimum Gasteiger partial charge on any atom is -0.481 e. The molecule has 17 heavy (non-hydrogen) atoms. The predicted octanol–water partition coefficient (Wildman–Crippen LogP) is 2.74. The van der Waals surface area contributed by atoms with Crippen molar-refractivity contribution in [1.82, 2.24) is 0 Å². The SMILES string of the molecule is CC(C)C(O)c1ccc(C(C)(C)C(=O)O)cc1. The molecule has 0 saturated carbocycles. The Morgan fingerprint density at radius 3 is 2.00 bits per heavy atom. The second kappa shape index (κ2) is 4.88. The molecule has 0 saturated heterocycles. The van der Waals surface area contributed by atoms with Crippen LogP contribution < -0.4 is 0 Å². The van der Waals surface area contributed by atoms with E-state index in [1.54, 1.807) is 38.1 Å². The molecule has 0 aliphatic rings. The molecule has 94 valence electrons. The number of aliphatic carboxylic acids is 1. The monoisotopic (exact) mass is 236 g/mol. The lowest BCUT2D eigenvalue weighted by molar-refractivity contribution is -0.142. The first-order valence-corrected chi connectivity index (χ1v) is 5.78. The number of carboxylic acids is 1. The highest BCUT2D eigenvalue weighted by atomic mass is 16.4. The van der Waals surface area contributed by atoms with Crippen LogP contribution in [-0.4, -0.2) is 16.2 Å². The average molecular weight is 236 g/mol. The molecule has 1 aromatic rings. The number of benzene rings is 1. The minimum atomic E-state index is -0.901. The molecule has 3 nitrogen and oxygen atoms in total. The van der Waals surface area contributed by atoms with E-state index in [-0.39, 0.29) is 5.92 Å². The van der Waals surface area contributed by atoms with Crippen molar-refractivity contribution >= 4 is 5.97 Å². The van der Waals surface area contributed by atoms with Crippen LogP contribution in [0, 0.1) is 5.92 Å². The largest absolute Gasteiger partial charge is 0.481 e. The third-order valence-corrected chi connectivity index (χ3v) is 3.14. The van der Waals surface area contributed by atoms with Gasteiger partial charge < -0.3 is 10.2 Å². The molecule has 0 radical (unpaired) electrons. The molecule has 0 aliphatic heterocycles. The zero-order chi connectivity index (χ0) is 13.2. The Hall–Kier alpha value is -1.35. The van der Waals surface area contributed by atoms with Crippen LogP contribution in [0.25, 0.3) is 0 Å². The summed E-state index contributed by atoms with van der Waals surface area (Å²) in [6.07, 6.45) is -0.503. The molecule has 3 heteroatoms. The van der Waals surface area contributed by atoms with E-state index < -0.39 is 17.5 Å². The van der Waals surface area contributed by atoms with Crippen molar-refractivity contribution in [1.29, 1.82) is 0 Å². The molecule has 0 spiro atoms. The number of aliphatic hydroxyl groups is 1. The van der Waals surface area contributed by atoms with Crippen LogP contribution in [0.3, 0.4) is 0 Å². The van der Waals surface area contributed by atoms with Gasteiger partial charge in [0.25, 0.3) is 0 Å². The van der Waals surface area contributed by atoms with Gasteiger partial charge in [0, 0.05) is 0 Å². The summed E-state index contributed by atoms with van der Waals surface area (Å²) in [5.74, 6) is -0.706. The fraction of sp³-hybridized carbons (Fsp3) is 0.500. The Bertz CT molecular complexity index is 390. The smallest absolute Gasteiger partial charge is 0.313 e. The van der Waals surface area contributed by atoms with Crippen molar-refractivity contribution < 1.29 is 15.0 Å². The molecule has 0 fully saturated rings. The van der Waals surface area contributed by atoms with Crippen LogP contribution in [0.1, 0.15) is 44.9 Å². The van der Waals surface area contributed by atoms with Gasteiger partial charge in [0.15, 0.2) is 0 Å². The number of carbonyl (C=O) groups is 1. The van der Waals surface area contributed by atoms with E-state index in [4.69, 9.17) is 5.11 Å². The van der Waals surface area contributed by atoms with Crippen LogP contribution in [0.15, 0.2) is 24.3 Å². The van der Waals surface area contributed by atoms with E-state index in [1.165, 1.54) is 0 Å². The molecule has 2 N–H and O–H groups in total. The fourth-order valence-corrected chi connectivity index (χ4v) is 1.61. The number of carboxylic acid groups (broad SMARTS) is 1. The van der Waals surface area contributed by atoms with E-state index >= 15 is 0 Å². The highest BCUT2D eigenvalue weighted by molar-refractivity contribution is 5.80. The maximum absolute atomic E-state index is 11.1. The maximum atomic E-state index is 11.1. The molecule has 1 rings (SSSR count). The van der Waals surface area contributed by atoms with Gasteiger partial charge in [-0.15, -0.1) is 0 Å². The summed E-state index contributed by atoms with van der Waals surface area (Å²) in [4.78, 5) is 11.1. The third-order valence-electron chi connectivity index (χ3n) is 3.14. The van der Waals surface area contributed by atoms with Crippen LogP contribution in [0.5, 0.6) is 0 Å². The average Bonchev–Trinajstić information content (AvgIpc) is 2.27. The van der Waals surface area contributed by atoms with Crippen molar-refractivity contribution in [3.05, 3.63) is 35.4 Å². The summed E-state index contributed by atoms with van der Waals surface area (Å²) in [6, 6.07) is 7.14. The Labute approximate surface area is 102 Å². The van der Waals surface area contributed by atoms with E-state index in [0.29, 0.717) is 0 Å². The van der Waals surface area contributed by atoms with Gasteiger partial charge in [-0.3, -0.25) is 4.79 Å². The van der Waals surface area contributed by atoms with Gasteiger partial charge in [0.1, 0.15) is 0 Å². The summed E-state index contributed by atoms with van der Waals surface area (Å²) < 4.78 is 0. The highest BCUT2D eigenvalue weighted by Gasteiger charge is 2.29. The maximum Gasteiger partial charge on any atom is 0.313 e. The molecule has 0 heterocycles. The standard InChI is InChI=1S/C14H20O3/c1-9(2)12(15)10-5-7-11(8-6-10)14(3,4)13(16)17/h5-9,12,15H,1-4H3,(H,16,17). The molecule has 0 aromatic heterocycles. The van der Waals surface area contributed by atoms with E-state index in [2.05, 4.69) is 0 Å². The molecule has 0 bridgehead atoms. The van der Waals surface area contributed by atoms with E-state index in [1.807, 2.05) is 13.8 Å². The summed E-state index contributed by atoms with van der Waals surface area (Å²) in [5, 5.41) is 19.0. The van der Waals surface area contributed by atoms with Gasteiger partial charge in [0.2, 0.25) is 0 Å². The second-order valence-corrected chi connectivity index (χ2v) is 5.24. The summed E-state index contributed by atoms with van der Waals surface area (Å²) in [7, 11) is 0. The first-order chi connectivity index (χ1) is 7.76. The fourth-order valence-electron chi connectivity index (χ4n) is 1.61. The Morgan fingerprint density at radius 2 is 1.65 bits per heavy atom. The predicted molar refractivity (Wildman–Crippen MR) is 66.9 cm³/mol. The first kappa shape index (κ1) is 13.7. The molecular weight excluding hydrogens is 216 g/mol. The van der Waals surface area contributed by atoms with Crippen molar-refractivity contribution in [3.63, 3.8) is 0 Å². The number of aliphatic hydroxyl groups excluding tert-OH is 1. The highest BCUT2D eigenvalue weighted by Crippen LogP contribution is 2.27. The molecule has 0 amide bonds. The van der Waals surface area contributed by atoms with Crippen LogP contribution in [0.2, 0.25) is 0 Å². The quantitative estimate of drug-likeness (QED) is 0.845. The van der Waals surface area contributed by atoms with Crippen LogP contribution in [-0.2, 0) is 10.2 Å². The Kier molecular flexibility index (Phi) is 3.94. The summed E-state index contributed by atoms with van der Waals surface area (Å²) in [6.45, 7) is 7.23. The van der Waals surface area contributed by atoms with Crippen molar-refractivity contribution in [2.24, 2.45) is 5.92 Å².